The Balaban J connectivity index is 1.87. The van der Waals surface area contributed by atoms with Crippen LogP contribution in [-0.2, 0) is 11.2 Å². The lowest BCUT2D eigenvalue weighted by molar-refractivity contribution is -0.149. The average Bonchev–Trinajstić information content (AvgIpc) is 2.91. The highest BCUT2D eigenvalue weighted by Gasteiger charge is 2.57. The number of halogens is 1. The van der Waals surface area contributed by atoms with Gasteiger partial charge in [-0.05, 0) is 61.6 Å². The van der Waals surface area contributed by atoms with E-state index in [9.17, 15) is 9.90 Å². The van der Waals surface area contributed by atoms with E-state index >= 15 is 0 Å². The summed E-state index contributed by atoms with van der Waals surface area (Å²) in [7, 11) is 0. The van der Waals surface area contributed by atoms with Crippen molar-refractivity contribution in [2.45, 2.75) is 32.6 Å². The molecule has 2 nitrogen and oxygen atoms in total. The molecule has 1 aromatic rings. The number of benzene rings is 1. The SMILES string of the molecule is Cc1ccc(CC2(C(=O)O)CC3CC3C2)c(Cl)c1. The van der Waals surface area contributed by atoms with Gasteiger partial charge in [-0.15, -0.1) is 0 Å². The van der Waals surface area contributed by atoms with Gasteiger partial charge in [0, 0.05) is 5.02 Å². The maximum Gasteiger partial charge on any atom is 0.309 e. The number of aliphatic carboxylic acids is 1. The molecule has 2 aliphatic carbocycles. The zero-order valence-corrected chi connectivity index (χ0v) is 11.2. The van der Waals surface area contributed by atoms with E-state index < -0.39 is 11.4 Å². The Morgan fingerprint density at radius 3 is 2.67 bits per heavy atom. The minimum absolute atomic E-state index is 0.563. The number of fused-ring (bicyclic) bond motifs is 1. The second-order valence-corrected chi connectivity index (χ2v) is 6.43. The molecule has 3 rings (SSSR count). The van der Waals surface area contributed by atoms with Gasteiger partial charge in [-0.1, -0.05) is 23.7 Å². The molecule has 1 aromatic carbocycles. The van der Waals surface area contributed by atoms with Crippen molar-refractivity contribution in [2.75, 3.05) is 0 Å². The molecule has 1 N–H and O–H groups in total. The Bertz CT molecular complexity index is 499. The average molecular weight is 265 g/mol. The summed E-state index contributed by atoms with van der Waals surface area (Å²) in [5.41, 5.74) is 1.53. The fourth-order valence-electron chi connectivity index (χ4n) is 3.45. The Hall–Kier alpha value is -1.02. The number of carboxylic acid groups (broad SMARTS) is 1. The fourth-order valence-corrected chi connectivity index (χ4v) is 3.75. The number of aryl methyl sites for hydroxylation is 1. The molecular weight excluding hydrogens is 248 g/mol. The molecule has 0 aromatic heterocycles. The van der Waals surface area contributed by atoms with Crippen LogP contribution < -0.4 is 0 Å². The van der Waals surface area contributed by atoms with Gasteiger partial charge in [0.2, 0.25) is 0 Å². The van der Waals surface area contributed by atoms with Crippen molar-refractivity contribution in [3.8, 4) is 0 Å². The molecule has 96 valence electrons. The van der Waals surface area contributed by atoms with Crippen LogP contribution in [0, 0.1) is 24.2 Å². The summed E-state index contributed by atoms with van der Waals surface area (Å²) in [6.45, 7) is 1.99. The molecule has 2 unspecified atom stereocenters. The molecular formula is C15H17ClO2. The van der Waals surface area contributed by atoms with Crippen molar-refractivity contribution < 1.29 is 9.90 Å². The van der Waals surface area contributed by atoms with Crippen LogP contribution in [0.15, 0.2) is 18.2 Å². The molecule has 3 heteroatoms. The fraction of sp³-hybridized carbons (Fsp3) is 0.533. The molecule has 0 saturated heterocycles. The van der Waals surface area contributed by atoms with Crippen LogP contribution in [0.2, 0.25) is 5.02 Å². The number of hydrogen-bond donors (Lipinski definition) is 1. The van der Waals surface area contributed by atoms with E-state index in [1.54, 1.807) is 0 Å². The number of hydrogen-bond acceptors (Lipinski definition) is 1. The van der Waals surface area contributed by atoms with E-state index in [2.05, 4.69) is 0 Å². The summed E-state index contributed by atoms with van der Waals surface area (Å²) in [5, 5.41) is 10.3. The third kappa shape index (κ3) is 1.93. The smallest absolute Gasteiger partial charge is 0.309 e. The maximum absolute atomic E-state index is 11.6. The molecule has 2 fully saturated rings. The molecule has 2 atom stereocenters. The van der Waals surface area contributed by atoms with Gasteiger partial charge in [0.05, 0.1) is 5.41 Å². The topological polar surface area (TPSA) is 37.3 Å². The Labute approximate surface area is 112 Å². The van der Waals surface area contributed by atoms with Gasteiger partial charge in [-0.3, -0.25) is 4.79 Å². The largest absolute Gasteiger partial charge is 0.481 e. The van der Waals surface area contributed by atoms with Gasteiger partial charge in [0.25, 0.3) is 0 Å². The first kappa shape index (κ1) is 12.0. The predicted octanol–water partition coefficient (Wildman–Crippen LogP) is 3.69. The van der Waals surface area contributed by atoms with E-state index in [0.29, 0.717) is 23.3 Å². The second-order valence-electron chi connectivity index (χ2n) is 6.02. The molecule has 0 radical (unpaired) electrons. The van der Waals surface area contributed by atoms with E-state index in [0.717, 1.165) is 24.0 Å². The zero-order chi connectivity index (χ0) is 12.9. The standard InChI is InChI=1S/C15H17ClO2/c1-9-2-3-10(13(16)4-9)6-15(14(17)18)7-11-5-12(11)8-15/h2-4,11-12H,5-8H2,1H3,(H,17,18). The Morgan fingerprint density at radius 1 is 1.44 bits per heavy atom. The summed E-state index contributed by atoms with van der Waals surface area (Å²) in [6, 6.07) is 5.90. The van der Waals surface area contributed by atoms with E-state index in [1.165, 1.54) is 6.42 Å². The first-order valence-electron chi connectivity index (χ1n) is 6.49. The minimum atomic E-state index is -0.647. The van der Waals surface area contributed by atoms with Crippen molar-refractivity contribution in [2.24, 2.45) is 17.3 Å². The molecule has 18 heavy (non-hydrogen) atoms. The molecule has 0 aliphatic heterocycles. The highest BCUT2D eigenvalue weighted by molar-refractivity contribution is 6.31. The molecule has 2 saturated carbocycles. The number of rotatable bonds is 3. The van der Waals surface area contributed by atoms with Crippen LogP contribution in [0.25, 0.3) is 0 Å². The van der Waals surface area contributed by atoms with Crippen LogP contribution in [-0.4, -0.2) is 11.1 Å². The summed E-state index contributed by atoms with van der Waals surface area (Å²) in [5.74, 6) is 0.669. The first-order chi connectivity index (χ1) is 8.50. The van der Waals surface area contributed by atoms with Crippen molar-refractivity contribution >= 4 is 17.6 Å². The Kier molecular flexibility index (Phi) is 2.67. The third-order valence-electron chi connectivity index (χ3n) is 4.57. The van der Waals surface area contributed by atoms with Crippen molar-refractivity contribution in [1.29, 1.82) is 0 Å². The second kappa shape index (κ2) is 3.99. The van der Waals surface area contributed by atoms with Crippen LogP contribution in [0.3, 0.4) is 0 Å². The third-order valence-corrected chi connectivity index (χ3v) is 4.92. The number of carbonyl (C=O) groups is 1. The lowest BCUT2D eigenvalue weighted by Gasteiger charge is -2.26. The molecule has 0 bridgehead atoms. The highest BCUT2D eigenvalue weighted by atomic mass is 35.5. The normalized spacial score (nSPS) is 33.2. The van der Waals surface area contributed by atoms with Gasteiger partial charge in [-0.2, -0.15) is 0 Å². The van der Waals surface area contributed by atoms with E-state index in [1.807, 2.05) is 25.1 Å². The minimum Gasteiger partial charge on any atom is -0.481 e. The monoisotopic (exact) mass is 264 g/mol. The Morgan fingerprint density at radius 2 is 2.11 bits per heavy atom. The van der Waals surface area contributed by atoms with Gasteiger partial charge in [0.15, 0.2) is 0 Å². The van der Waals surface area contributed by atoms with Gasteiger partial charge >= 0.3 is 5.97 Å². The van der Waals surface area contributed by atoms with Gasteiger partial charge in [0.1, 0.15) is 0 Å². The summed E-state index contributed by atoms with van der Waals surface area (Å²) in [4.78, 5) is 11.6. The summed E-state index contributed by atoms with van der Waals surface area (Å²) < 4.78 is 0. The van der Waals surface area contributed by atoms with Crippen molar-refractivity contribution in [3.05, 3.63) is 34.3 Å². The predicted molar refractivity (Wildman–Crippen MR) is 70.8 cm³/mol. The highest BCUT2D eigenvalue weighted by Crippen LogP contribution is 2.61. The van der Waals surface area contributed by atoms with Gasteiger partial charge < -0.3 is 5.11 Å². The zero-order valence-electron chi connectivity index (χ0n) is 10.4. The van der Waals surface area contributed by atoms with Gasteiger partial charge in [-0.25, -0.2) is 0 Å². The van der Waals surface area contributed by atoms with Crippen LogP contribution in [0.5, 0.6) is 0 Å². The molecule has 0 amide bonds. The molecule has 0 spiro atoms. The summed E-state index contributed by atoms with van der Waals surface area (Å²) in [6.07, 6.45) is 3.47. The molecule has 2 aliphatic rings. The van der Waals surface area contributed by atoms with Crippen molar-refractivity contribution in [3.63, 3.8) is 0 Å². The number of carboxylic acids is 1. The molecule has 0 heterocycles. The lowest BCUT2D eigenvalue weighted by atomic mass is 9.77. The van der Waals surface area contributed by atoms with Crippen LogP contribution >= 0.6 is 11.6 Å². The maximum atomic E-state index is 11.6. The van der Waals surface area contributed by atoms with Crippen LogP contribution in [0.1, 0.15) is 30.4 Å². The lowest BCUT2D eigenvalue weighted by Crippen LogP contribution is -2.32. The van der Waals surface area contributed by atoms with E-state index in [-0.39, 0.29) is 0 Å². The van der Waals surface area contributed by atoms with Crippen molar-refractivity contribution in [1.82, 2.24) is 0 Å². The quantitative estimate of drug-likeness (QED) is 0.904. The first-order valence-corrected chi connectivity index (χ1v) is 6.86. The summed E-state index contributed by atoms with van der Waals surface area (Å²) >= 11 is 6.23. The van der Waals surface area contributed by atoms with Crippen LogP contribution in [0.4, 0.5) is 0 Å². The van der Waals surface area contributed by atoms with E-state index in [4.69, 9.17) is 11.6 Å².